The number of nitrogens with one attached hydrogen (secondary N) is 3. The van der Waals surface area contributed by atoms with Crippen molar-refractivity contribution in [2.24, 2.45) is 11.7 Å². The van der Waals surface area contributed by atoms with Gasteiger partial charge in [-0.15, -0.1) is 0 Å². The lowest BCUT2D eigenvalue weighted by atomic mass is 10.0. The number of carboxylic acid groups (broad SMARTS) is 1. The maximum Gasteiger partial charge on any atom is 0.326 e. The first-order chi connectivity index (χ1) is 14.5. The first-order valence-corrected chi connectivity index (χ1v) is 10.5. The summed E-state index contributed by atoms with van der Waals surface area (Å²) >= 11 is 0. The summed E-state index contributed by atoms with van der Waals surface area (Å²) in [6.07, 6.45) is 0.893. The van der Waals surface area contributed by atoms with Gasteiger partial charge in [-0.2, -0.15) is 0 Å². The van der Waals surface area contributed by atoms with Crippen molar-refractivity contribution in [3.8, 4) is 0 Å². The van der Waals surface area contributed by atoms with E-state index in [2.05, 4.69) is 16.0 Å². The summed E-state index contributed by atoms with van der Waals surface area (Å²) in [4.78, 5) is 48.2. The molecular weight excluding hydrogens is 400 g/mol. The number of para-hydroxylation sites is 1. The third-order valence-electron chi connectivity index (χ3n) is 4.81. The second kappa shape index (κ2) is 12.6. The fourth-order valence-electron chi connectivity index (χ4n) is 2.93. The number of carboxylic acids is 1. The average Bonchev–Trinajstić information content (AvgIpc) is 2.69. The predicted octanol–water partition coefficient (Wildman–Crippen LogP) is 1.88. The van der Waals surface area contributed by atoms with Gasteiger partial charge in [-0.25, -0.2) is 4.79 Å². The van der Waals surface area contributed by atoms with Crippen molar-refractivity contribution in [3.05, 3.63) is 29.8 Å². The van der Waals surface area contributed by atoms with Crippen molar-refractivity contribution in [2.75, 3.05) is 5.32 Å². The molecule has 1 rings (SSSR count). The van der Waals surface area contributed by atoms with Crippen LogP contribution in [0.25, 0.3) is 0 Å². The Kier molecular flexibility index (Phi) is 10.5. The van der Waals surface area contributed by atoms with Crippen LogP contribution in [0.3, 0.4) is 0 Å². The van der Waals surface area contributed by atoms with Crippen LogP contribution < -0.4 is 21.7 Å². The highest BCUT2D eigenvalue weighted by Crippen LogP contribution is 2.18. The lowest BCUT2D eigenvalue weighted by Crippen LogP contribution is -2.52. The van der Waals surface area contributed by atoms with E-state index in [-0.39, 0.29) is 24.8 Å². The summed E-state index contributed by atoms with van der Waals surface area (Å²) in [5, 5.41) is 17.8. The Balaban J connectivity index is 3.00. The van der Waals surface area contributed by atoms with E-state index in [4.69, 9.17) is 5.73 Å². The van der Waals surface area contributed by atoms with E-state index in [0.717, 1.165) is 6.42 Å². The highest BCUT2D eigenvalue weighted by Gasteiger charge is 2.28. The first-order valence-electron chi connectivity index (χ1n) is 10.5. The first kappa shape index (κ1) is 25.9. The molecule has 0 fully saturated rings. The number of anilines is 1. The molecular formula is C22H34N4O5. The summed E-state index contributed by atoms with van der Waals surface area (Å²) in [7, 11) is 0. The minimum Gasteiger partial charge on any atom is -0.480 e. The Bertz CT molecular complexity index is 781. The Morgan fingerprint density at radius 1 is 1.03 bits per heavy atom. The summed E-state index contributed by atoms with van der Waals surface area (Å²) in [6, 6.07) is 4.96. The highest BCUT2D eigenvalue weighted by molar-refractivity contribution is 6.02. The van der Waals surface area contributed by atoms with Gasteiger partial charge in [0, 0.05) is 18.2 Å². The molecule has 172 valence electrons. The van der Waals surface area contributed by atoms with Crippen LogP contribution in [0.15, 0.2) is 24.3 Å². The zero-order chi connectivity index (χ0) is 23.6. The van der Waals surface area contributed by atoms with E-state index in [1.54, 1.807) is 18.2 Å². The van der Waals surface area contributed by atoms with Gasteiger partial charge in [-0.3, -0.25) is 14.4 Å². The van der Waals surface area contributed by atoms with Gasteiger partial charge in [0.25, 0.3) is 5.91 Å². The van der Waals surface area contributed by atoms with E-state index < -0.39 is 35.8 Å². The Hall–Kier alpha value is -3.10. The summed E-state index contributed by atoms with van der Waals surface area (Å²) in [5.41, 5.74) is 6.13. The molecule has 0 aliphatic carbocycles. The third-order valence-corrected chi connectivity index (χ3v) is 4.81. The Labute approximate surface area is 183 Å². The van der Waals surface area contributed by atoms with Crippen LogP contribution in [0.2, 0.25) is 0 Å². The number of nitrogens with two attached hydrogens (primary N) is 1. The van der Waals surface area contributed by atoms with Crippen LogP contribution in [0.4, 0.5) is 5.69 Å². The van der Waals surface area contributed by atoms with Gasteiger partial charge in [0.1, 0.15) is 12.1 Å². The molecule has 0 aromatic heterocycles. The van der Waals surface area contributed by atoms with Crippen molar-refractivity contribution >= 4 is 29.4 Å². The van der Waals surface area contributed by atoms with E-state index in [1.165, 1.54) is 0 Å². The fourth-order valence-corrected chi connectivity index (χ4v) is 2.93. The zero-order valence-corrected chi connectivity index (χ0v) is 18.6. The molecule has 0 aliphatic heterocycles. The van der Waals surface area contributed by atoms with Gasteiger partial charge in [0.15, 0.2) is 0 Å². The van der Waals surface area contributed by atoms with Crippen molar-refractivity contribution in [3.63, 3.8) is 0 Å². The second-order valence-electron chi connectivity index (χ2n) is 8.06. The molecule has 1 aromatic rings. The van der Waals surface area contributed by atoms with E-state index in [0.29, 0.717) is 17.7 Å². The molecule has 0 radical (unpaired) electrons. The van der Waals surface area contributed by atoms with Crippen LogP contribution in [0, 0.1) is 5.92 Å². The number of primary amides is 1. The molecule has 3 amide bonds. The topological polar surface area (TPSA) is 151 Å². The third kappa shape index (κ3) is 9.06. The fraction of sp³-hybridized carbons (Fsp3) is 0.545. The van der Waals surface area contributed by atoms with Crippen molar-refractivity contribution in [2.45, 2.75) is 71.5 Å². The van der Waals surface area contributed by atoms with E-state index in [1.807, 2.05) is 33.8 Å². The summed E-state index contributed by atoms with van der Waals surface area (Å²) < 4.78 is 0. The molecule has 0 spiro atoms. The van der Waals surface area contributed by atoms with Gasteiger partial charge in [0.2, 0.25) is 11.8 Å². The number of carbonyl (C=O) groups is 4. The van der Waals surface area contributed by atoms with Crippen LogP contribution in [-0.2, 0) is 14.4 Å². The molecule has 1 unspecified atom stereocenters. The van der Waals surface area contributed by atoms with Crippen LogP contribution >= 0.6 is 0 Å². The van der Waals surface area contributed by atoms with Crippen LogP contribution in [-0.4, -0.2) is 46.9 Å². The predicted molar refractivity (Wildman–Crippen MR) is 119 cm³/mol. The molecule has 3 atom stereocenters. The minimum atomic E-state index is -1.27. The maximum atomic E-state index is 13.0. The smallest absolute Gasteiger partial charge is 0.326 e. The van der Waals surface area contributed by atoms with Gasteiger partial charge in [0.05, 0.1) is 5.56 Å². The summed E-state index contributed by atoms with van der Waals surface area (Å²) in [6.45, 7) is 7.82. The number of hydrogen-bond donors (Lipinski definition) is 5. The largest absolute Gasteiger partial charge is 0.480 e. The average molecular weight is 435 g/mol. The number of hydrogen-bond acceptors (Lipinski definition) is 5. The molecule has 9 heteroatoms. The number of carbonyl (C=O) groups excluding carboxylic acids is 3. The highest BCUT2D eigenvalue weighted by atomic mass is 16.4. The van der Waals surface area contributed by atoms with Gasteiger partial charge >= 0.3 is 5.97 Å². The second-order valence-corrected chi connectivity index (χ2v) is 8.06. The van der Waals surface area contributed by atoms with Crippen molar-refractivity contribution < 1.29 is 24.3 Å². The van der Waals surface area contributed by atoms with Crippen molar-refractivity contribution in [1.82, 2.24) is 10.6 Å². The number of rotatable bonds is 13. The number of amides is 3. The molecule has 0 heterocycles. The van der Waals surface area contributed by atoms with E-state index in [9.17, 15) is 24.3 Å². The molecule has 0 saturated heterocycles. The standard InChI is InChI=1S/C22H34N4O5/c1-5-14(4)24-16-9-7-6-8-15(16)20(28)26-18(12-13(2)3)21(29)25-17(22(30)31)10-11-19(23)27/h6-9,13-14,17-18,24H,5,10-12H2,1-4H3,(H2,23,27)(H,25,29)(H,26,28)(H,30,31)/t14?,17-,18-/m0/s1. The van der Waals surface area contributed by atoms with Gasteiger partial charge in [-0.1, -0.05) is 32.9 Å². The van der Waals surface area contributed by atoms with Gasteiger partial charge < -0.3 is 26.8 Å². The molecule has 1 aromatic carbocycles. The molecule has 31 heavy (non-hydrogen) atoms. The lowest BCUT2D eigenvalue weighted by molar-refractivity contribution is -0.142. The minimum absolute atomic E-state index is 0.0680. The van der Waals surface area contributed by atoms with Gasteiger partial charge in [-0.05, 0) is 44.2 Å². The van der Waals surface area contributed by atoms with Crippen LogP contribution in [0.1, 0.15) is 63.7 Å². The molecule has 0 bridgehead atoms. The number of aliphatic carboxylic acids is 1. The molecule has 6 N–H and O–H groups in total. The molecule has 0 saturated carbocycles. The Morgan fingerprint density at radius 2 is 1.68 bits per heavy atom. The normalized spacial score (nSPS) is 13.7. The quantitative estimate of drug-likeness (QED) is 0.320. The van der Waals surface area contributed by atoms with E-state index >= 15 is 0 Å². The molecule has 9 nitrogen and oxygen atoms in total. The van der Waals surface area contributed by atoms with Crippen LogP contribution in [0.5, 0.6) is 0 Å². The Morgan fingerprint density at radius 3 is 2.23 bits per heavy atom. The lowest BCUT2D eigenvalue weighted by Gasteiger charge is -2.23. The molecule has 0 aliphatic rings. The monoisotopic (exact) mass is 434 g/mol. The zero-order valence-electron chi connectivity index (χ0n) is 18.6. The summed E-state index contributed by atoms with van der Waals surface area (Å²) in [5.74, 6) is -2.91. The van der Waals surface area contributed by atoms with Crippen molar-refractivity contribution in [1.29, 1.82) is 0 Å². The number of benzene rings is 1. The maximum absolute atomic E-state index is 13.0. The SMILES string of the molecule is CCC(C)Nc1ccccc1C(=O)N[C@@H](CC(C)C)C(=O)N[C@@H](CCC(N)=O)C(=O)O.